The van der Waals surface area contributed by atoms with Gasteiger partial charge in [-0.05, 0) is 23.8 Å². The number of hydrogen-bond donors (Lipinski definition) is 0. The van der Waals surface area contributed by atoms with Crippen molar-refractivity contribution in [3.05, 3.63) is 84.1 Å². The zero-order valence-corrected chi connectivity index (χ0v) is 10.5. The van der Waals surface area contributed by atoms with Crippen molar-refractivity contribution in [1.29, 1.82) is 0 Å². The molecule has 1 nitrogen and oxygen atoms in total. The van der Waals surface area contributed by atoms with Crippen molar-refractivity contribution in [1.82, 2.24) is 0 Å². The van der Waals surface area contributed by atoms with E-state index in [9.17, 15) is 0 Å². The Bertz CT molecular complexity index is 663. The highest BCUT2D eigenvalue weighted by Gasteiger charge is 2.01. The Morgan fingerprint density at radius 1 is 0.632 bits per heavy atom. The molecule has 92 valence electrons. The third-order valence-corrected chi connectivity index (χ3v) is 2.92. The van der Waals surface area contributed by atoms with Crippen molar-refractivity contribution in [2.45, 2.75) is 0 Å². The van der Waals surface area contributed by atoms with Crippen LogP contribution in [0, 0.1) is 0 Å². The Kier molecular flexibility index (Phi) is 3.28. The van der Waals surface area contributed by atoms with Crippen molar-refractivity contribution in [3.8, 4) is 11.3 Å². The molecule has 0 spiro atoms. The Hall–Kier alpha value is -2.54. The van der Waals surface area contributed by atoms with Gasteiger partial charge in [0.15, 0.2) is 0 Å². The average Bonchev–Trinajstić information content (AvgIpc) is 2.96. The van der Waals surface area contributed by atoms with Crippen molar-refractivity contribution < 1.29 is 4.42 Å². The molecule has 1 aromatic heterocycles. The highest BCUT2D eigenvalue weighted by Crippen LogP contribution is 2.22. The number of rotatable bonds is 3. The largest absolute Gasteiger partial charge is 0.457 e. The van der Waals surface area contributed by atoms with Gasteiger partial charge in [0.25, 0.3) is 0 Å². The van der Waals surface area contributed by atoms with E-state index in [2.05, 4.69) is 12.1 Å². The van der Waals surface area contributed by atoms with E-state index in [4.69, 9.17) is 4.42 Å². The summed E-state index contributed by atoms with van der Waals surface area (Å²) in [6.07, 6.45) is 4.04. The molecule has 19 heavy (non-hydrogen) atoms. The van der Waals surface area contributed by atoms with Crippen molar-refractivity contribution in [3.63, 3.8) is 0 Å². The second-order valence-corrected chi connectivity index (χ2v) is 4.31. The topological polar surface area (TPSA) is 13.1 Å². The summed E-state index contributed by atoms with van der Waals surface area (Å²) in [7, 11) is 0. The fourth-order valence-corrected chi connectivity index (χ4v) is 1.94. The number of hydrogen-bond acceptors (Lipinski definition) is 1. The first-order valence-corrected chi connectivity index (χ1v) is 6.30. The van der Waals surface area contributed by atoms with E-state index in [1.807, 2.05) is 72.8 Å². The fourth-order valence-electron chi connectivity index (χ4n) is 1.94. The number of benzene rings is 2. The molecule has 3 aromatic rings. The summed E-state index contributed by atoms with van der Waals surface area (Å²) < 4.78 is 5.80. The maximum atomic E-state index is 5.80. The van der Waals surface area contributed by atoms with Crippen LogP contribution in [0.1, 0.15) is 11.3 Å². The van der Waals surface area contributed by atoms with E-state index >= 15 is 0 Å². The first-order chi connectivity index (χ1) is 9.42. The molecule has 0 aliphatic carbocycles. The molecule has 0 amide bonds. The van der Waals surface area contributed by atoms with Crippen LogP contribution in [0.4, 0.5) is 0 Å². The van der Waals surface area contributed by atoms with Crippen LogP contribution in [0.5, 0.6) is 0 Å². The maximum absolute atomic E-state index is 5.80. The van der Waals surface area contributed by atoms with Gasteiger partial charge in [-0.25, -0.2) is 0 Å². The van der Waals surface area contributed by atoms with Crippen LogP contribution in [0.15, 0.2) is 77.2 Å². The minimum Gasteiger partial charge on any atom is -0.457 e. The van der Waals surface area contributed by atoms with E-state index in [0.717, 1.165) is 17.1 Å². The van der Waals surface area contributed by atoms with Crippen molar-refractivity contribution in [2.75, 3.05) is 0 Å². The van der Waals surface area contributed by atoms with E-state index in [1.54, 1.807) is 0 Å². The summed E-state index contributed by atoms with van der Waals surface area (Å²) in [4.78, 5) is 0. The summed E-state index contributed by atoms with van der Waals surface area (Å²) in [6.45, 7) is 0. The second-order valence-electron chi connectivity index (χ2n) is 4.31. The van der Waals surface area contributed by atoms with Gasteiger partial charge in [-0.3, -0.25) is 0 Å². The lowest BCUT2D eigenvalue weighted by molar-refractivity contribution is 0.572. The Morgan fingerprint density at radius 3 is 2.05 bits per heavy atom. The molecule has 0 unspecified atom stereocenters. The highest BCUT2D eigenvalue weighted by molar-refractivity contribution is 5.69. The van der Waals surface area contributed by atoms with Gasteiger partial charge in [0.1, 0.15) is 11.5 Å². The molecule has 0 saturated carbocycles. The van der Waals surface area contributed by atoms with Crippen LogP contribution >= 0.6 is 0 Å². The Labute approximate surface area is 112 Å². The normalized spacial score (nSPS) is 10.9. The van der Waals surface area contributed by atoms with Crippen molar-refractivity contribution in [2.24, 2.45) is 0 Å². The van der Waals surface area contributed by atoms with Gasteiger partial charge in [-0.1, -0.05) is 66.7 Å². The van der Waals surface area contributed by atoms with Gasteiger partial charge in [0.2, 0.25) is 0 Å². The van der Waals surface area contributed by atoms with E-state index in [1.165, 1.54) is 5.56 Å². The van der Waals surface area contributed by atoms with Gasteiger partial charge in [-0.15, -0.1) is 0 Å². The first-order valence-electron chi connectivity index (χ1n) is 6.30. The second kappa shape index (κ2) is 5.40. The van der Waals surface area contributed by atoms with Gasteiger partial charge >= 0.3 is 0 Å². The first kappa shape index (κ1) is 11.5. The van der Waals surface area contributed by atoms with Crippen LogP contribution in [-0.2, 0) is 0 Å². The highest BCUT2D eigenvalue weighted by atomic mass is 16.3. The van der Waals surface area contributed by atoms with Gasteiger partial charge in [0.05, 0.1) is 0 Å². The molecule has 0 aliphatic heterocycles. The average molecular weight is 246 g/mol. The smallest absolute Gasteiger partial charge is 0.134 e. The Balaban J connectivity index is 1.81. The number of furan rings is 1. The summed E-state index contributed by atoms with van der Waals surface area (Å²) >= 11 is 0. The lowest BCUT2D eigenvalue weighted by Crippen LogP contribution is -1.70. The molecule has 0 saturated heterocycles. The Morgan fingerprint density at radius 2 is 1.32 bits per heavy atom. The quantitative estimate of drug-likeness (QED) is 0.625. The van der Waals surface area contributed by atoms with Crippen LogP contribution < -0.4 is 0 Å². The molecule has 3 rings (SSSR count). The zero-order valence-electron chi connectivity index (χ0n) is 10.5. The summed E-state index contributed by atoms with van der Waals surface area (Å²) in [5.74, 6) is 1.76. The molecule has 2 aromatic carbocycles. The van der Waals surface area contributed by atoms with E-state index in [-0.39, 0.29) is 0 Å². The minimum atomic E-state index is 0.864. The van der Waals surface area contributed by atoms with Crippen LogP contribution in [0.25, 0.3) is 23.5 Å². The van der Waals surface area contributed by atoms with Gasteiger partial charge in [0, 0.05) is 5.56 Å². The molecule has 0 aliphatic rings. The standard InChI is InChI=1S/C18H14O/c1-3-7-15(8-4-1)11-12-17-13-14-18(19-17)16-9-5-2-6-10-16/h1-14H/b12-11+. The molecule has 0 fully saturated rings. The lowest BCUT2D eigenvalue weighted by atomic mass is 10.2. The third kappa shape index (κ3) is 2.83. The molecule has 0 atom stereocenters. The van der Waals surface area contributed by atoms with Gasteiger partial charge < -0.3 is 4.42 Å². The van der Waals surface area contributed by atoms with E-state index in [0.29, 0.717) is 0 Å². The third-order valence-electron chi connectivity index (χ3n) is 2.92. The minimum absolute atomic E-state index is 0.864. The molecule has 1 heteroatoms. The van der Waals surface area contributed by atoms with E-state index < -0.39 is 0 Å². The predicted molar refractivity (Wildman–Crippen MR) is 79.5 cm³/mol. The molecule has 0 N–H and O–H groups in total. The molecule has 0 bridgehead atoms. The van der Waals surface area contributed by atoms with Crippen LogP contribution in [0.2, 0.25) is 0 Å². The fraction of sp³-hybridized carbons (Fsp3) is 0. The summed E-state index contributed by atoms with van der Waals surface area (Å²) in [6, 6.07) is 24.3. The zero-order chi connectivity index (χ0) is 12.9. The molecular weight excluding hydrogens is 232 g/mol. The predicted octanol–water partition coefficient (Wildman–Crippen LogP) is 5.12. The summed E-state index contributed by atoms with van der Waals surface area (Å²) in [5.41, 5.74) is 2.27. The van der Waals surface area contributed by atoms with Gasteiger partial charge in [-0.2, -0.15) is 0 Å². The van der Waals surface area contributed by atoms with Crippen LogP contribution in [0.3, 0.4) is 0 Å². The monoisotopic (exact) mass is 246 g/mol. The van der Waals surface area contributed by atoms with Crippen LogP contribution in [-0.4, -0.2) is 0 Å². The van der Waals surface area contributed by atoms with Crippen molar-refractivity contribution >= 4 is 12.2 Å². The molecular formula is C18H14O. The lowest BCUT2D eigenvalue weighted by Gasteiger charge is -1.94. The SMILES string of the molecule is C(=C\c1ccc(-c2ccccc2)o1)/c1ccccc1. The summed E-state index contributed by atoms with van der Waals surface area (Å²) in [5, 5.41) is 0. The molecule has 1 heterocycles. The maximum Gasteiger partial charge on any atom is 0.134 e. The molecule has 0 radical (unpaired) electrons.